The molecular weight excluding hydrogens is 494 g/mol. The first-order chi connectivity index (χ1) is 16.0. The van der Waals surface area contributed by atoms with Gasteiger partial charge in [0.1, 0.15) is 6.04 Å². The van der Waals surface area contributed by atoms with E-state index in [9.17, 15) is 22.8 Å². The van der Waals surface area contributed by atoms with E-state index in [1.54, 1.807) is 35.1 Å². The minimum absolute atomic E-state index is 0.0529. The fourth-order valence-corrected chi connectivity index (χ4v) is 4.17. The highest BCUT2D eigenvalue weighted by molar-refractivity contribution is 6.30. The molecule has 34 heavy (non-hydrogen) atoms. The van der Waals surface area contributed by atoms with Crippen LogP contribution >= 0.6 is 23.2 Å². The average molecular weight is 512 g/mol. The van der Waals surface area contributed by atoms with Crippen molar-refractivity contribution in [1.82, 2.24) is 19.8 Å². The number of urea groups is 1. The molecule has 1 fully saturated rings. The second-order valence-corrected chi connectivity index (χ2v) is 8.53. The molecule has 1 aliphatic heterocycles. The molecule has 2 atom stereocenters. The van der Waals surface area contributed by atoms with Gasteiger partial charge >= 0.3 is 12.2 Å². The standard InChI is InChI=1S/C22H18Cl2F3N5O2/c1-13(33)32-20(14-2-6-16(23)7-3-14)19(30-11-17(24)10-28-30)12-31(32)21(34)29-18-8-4-15(5-9-18)22(25,26)27/h2-11,19-20H,12H2,1H3,(H,29,34). The van der Waals surface area contributed by atoms with Crippen molar-refractivity contribution in [2.24, 2.45) is 0 Å². The molecule has 178 valence electrons. The van der Waals surface area contributed by atoms with Gasteiger partial charge in [0.15, 0.2) is 0 Å². The molecule has 0 radical (unpaired) electrons. The fraction of sp³-hybridized carbons (Fsp3) is 0.227. The summed E-state index contributed by atoms with van der Waals surface area (Å²) in [6.45, 7) is 1.37. The Morgan fingerprint density at radius 2 is 1.68 bits per heavy atom. The van der Waals surface area contributed by atoms with Crippen molar-refractivity contribution in [2.75, 3.05) is 11.9 Å². The molecule has 3 amide bonds. The summed E-state index contributed by atoms with van der Waals surface area (Å²) >= 11 is 12.1. The first-order valence-electron chi connectivity index (χ1n) is 10.0. The predicted molar refractivity (Wildman–Crippen MR) is 120 cm³/mol. The van der Waals surface area contributed by atoms with E-state index in [1.165, 1.54) is 23.1 Å². The van der Waals surface area contributed by atoms with Gasteiger partial charge in [0, 0.05) is 23.8 Å². The number of benzene rings is 2. The molecule has 3 aromatic rings. The van der Waals surface area contributed by atoms with E-state index in [4.69, 9.17) is 23.2 Å². The van der Waals surface area contributed by atoms with Crippen molar-refractivity contribution in [3.8, 4) is 0 Å². The number of carbonyl (C=O) groups excluding carboxylic acids is 2. The zero-order valence-corrected chi connectivity index (χ0v) is 19.1. The lowest BCUT2D eigenvalue weighted by Gasteiger charge is -2.31. The fourth-order valence-electron chi connectivity index (χ4n) is 3.90. The third-order valence-corrected chi connectivity index (χ3v) is 5.84. The van der Waals surface area contributed by atoms with Gasteiger partial charge in [-0.05, 0) is 42.0 Å². The van der Waals surface area contributed by atoms with Gasteiger partial charge in [-0.25, -0.2) is 14.8 Å². The van der Waals surface area contributed by atoms with Crippen molar-refractivity contribution < 1.29 is 22.8 Å². The molecular formula is C22H18Cl2F3N5O2. The highest BCUT2D eigenvalue weighted by atomic mass is 35.5. The van der Waals surface area contributed by atoms with Gasteiger partial charge < -0.3 is 5.32 Å². The molecule has 1 aromatic heterocycles. The third kappa shape index (κ3) is 4.83. The molecule has 2 aromatic carbocycles. The van der Waals surface area contributed by atoms with Crippen molar-refractivity contribution in [2.45, 2.75) is 25.2 Å². The van der Waals surface area contributed by atoms with Crippen LogP contribution in [0.5, 0.6) is 0 Å². The Morgan fingerprint density at radius 1 is 1.03 bits per heavy atom. The molecule has 0 spiro atoms. The number of hydrogen-bond donors (Lipinski definition) is 1. The topological polar surface area (TPSA) is 70.5 Å². The maximum atomic E-state index is 13.1. The van der Waals surface area contributed by atoms with Crippen LogP contribution in [0.25, 0.3) is 0 Å². The van der Waals surface area contributed by atoms with Gasteiger partial charge in [0.25, 0.3) is 0 Å². The first-order valence-corrected chi connectivity index (χ1v) is 10.8. The molecule has 0 aliphatic carbocycles. The molecule has 2 unspecified atom stereocenters. The molecule has 4 rings (SSSR count). The summed E-state index contributed by atoms with van der Waals surface area (Å²) in [5.41, 5.74) is 0.0200. The minimum atomic E-state index is -4.49. The summed E-state index contributed by atoms with van der Waals surface area (Å²) in [4.78, 5) is 25.8. The highest BCUT2D eigenvalue weighted by Crippen LogP contribution is 2.41. The maximum Gasteiger partial charge on any atom is 0.416 e. The molecule has 12 heteroatoms. The summed E-state index contributed by atoms with van der Waals surface area (Å²) in [5.74, 6) is -0.414. The SMILES string of the molecule is CC(=O)N1C(c2ccc(Cl)cc2)C(n2cc(Cl)cn2)CN1C(=O)Nc1ccc(C(F)(F)F)cc1. The Balaban J connectivity index is 1.66. The monoisotopic (exact) mass is 511 g/mol. The molecule has 2 heterocycles. The third-order valence-electron chi connectivity index (χ3n) is 5.39. The second kappa shape index (κ2) is 9.19. The van der Waals surface area contributed by atoms with Crippen LogP contribution in [0.2, 0.25) is 10.0 Å². The predicted octanol–water partition coefficient (Wildman–Crippen LogP) is 5.80. The molecule has 0 bridgehead atoms. The number of aromatic nitrogens is 2. The summed E-state index contributed by atoms with van der Waals surface area (Å²) in [7, 11) is 0. The highest BCUT2D eigenvalue weighted by Gasteiger charge is 2.46. The lowest BCUT2D eigenvalue weighted by molar-refractivity contribution is -0.141. The number of nitrogens with one attached hydrogen (secondary N) is 1. The molecule has 1 saturated heterocycles. The number of nitrogens with zero attached hydrogens (tertiary/aromatic N) is 4. The molecule has 7 nitrogen and oxygen atoms in total. The maximum absolute atomic E-state index is 13.1. The Labute approximate surface area is 202 Å². The van der Waals surface area contributed by atoms with Gasteiger partial charge in [-0.15, -0.1) is 0 Å². The van der Waals surface area contributed by atoms with E-state index in [-0.39, 0.29) is 12.2 Å². The molecule has 1 aliphatic rings. The largest absolute Gasteiger partial charge is 0.416 e. The lowest BCUT2D eigenvalue weighted by atomic mass is 10.0. The van der Waals surface area contributed by atoms with Gasteiger partial charge in [0.05, 0.1) is 29.4 Å². The van der Waals surface area contributed by atoms with Crippen molar-refractivity contribution in [3.05, 3.63) is 82.1 Å². The number of alkyl halides is 3. The van der Waals surface area contributed by atoms with Crippen LogP contribution in [0.3, 0.4) is 0 Å². The van der Waals surface area contributed by atoms with Crippen LogP contribution in [-0.2, 0) is 11.0 Å². The van der Waals surface area contributed by atoms with E-state index < -0.39 is 35.8 Å². The van der Waals surface area contributed by atoms with Gasteiger partial charge in [-0.1, -0.05) is 35.3 Å². The average Bonchev–Trinajstić information content (AvgIpc) is 3.38. The van der Waals surface area contributed by atoms with Gasteiger partial charge in [0.2, 0.25) is 5.91 Å². The van der Waals surface area contributed by atoms with E-state index in [0.29, 0.717) is 15.6 Å². The van der Waals surface area contributed by atoms with Crippen molar-refractivity contribution in [1.29, 1.82) is 0 Å². The smallest absolute Gasteiger partial charge is 0.306 e. The van der Waals surface area contributed by atoms with E-state index in [0.717, 1.165) is 24.3 Å². The number of halogens is 5. The van der Waals surface area contributed by atoms with Crippen LogP contribution in [0.1, 0.15) is 30.1 Å². The normalized spacial score (nSPS) is 18.3. The summed E-state index contributed by atoms with van der Waals surface area (Å²) < 4.78 is 40.1. The Kier molecular flexibility index (Phi) is 6.46. The Morgan fingerprint density at radius 3 is 2.21 bits per heavy atom. The lowest BCUT2D eigenvalue weighted by Crippen LogP contribution is -2.46. The Bertz CT molecular complexity index is 1200. The number of carbonyl (C=O) groups is 2. The van der Waals surface area contributed by atoms with E-state index >= 15 is 0 Å². The second-order valence-electron chi connectivity index (χ2n) is 7.65. The van der Waals surface area contributed by atoms with Crippen molar-refractivity contribution in [3.63, 3.8) is 0 Å². The van der Waals surface area contributed by atoms with Crippen molar-refractivity contribution >= 4 is 40.8 Å². The number of hydrogen-bond acceptors (Lipinski definition) is 3. The number of anilines is 1. The molecule has 0 saturated carbocycles. The first kappa shape index (κ1) is 23.9. The van der Waals surface area contributed by atoms with Crippen LogP contribution in [0.15, 0.2) is 60.9 Å². The molecule has 1 N–H and O–H groups in total. The van der Waals surface area contributed by atoms with Gasteiger partial charge in [-0.3, -0.25) is 9.48 Å². The number of amides is 3. The quantitative estimate of drug-likeness (QED) is 0.482. The van der Waals surface area contributed by atoms with Crippen LogP contribution in [0, 0.1) is 0 Å². The summed E-state index contributed by atoms with van der Waals surface area (Å²) in [6.07, 6.45) is -1.46. The minimum Gasteiger partial charge on any atom is -0.306 e. The zero-order valence-electron chi connectivity index (χ0n) is 17.6. The van der Waals surface area contributed by atoms with E-state index in [1.807, 2.05) is 0 Å². The Hall–Kier alpha value is -3.24. The summed E-state index contributed by atoms with van der Waals surface area (Å²) in [5, 5.41) is 10.2. The number of hydrazine groups is 1. The zero-order chi connectivity index (χ0) is 24.6. The van der Waals surface area contributed by atoms with Crippen LogP contribution in [-0.4, -0.2) is 38.3 Å². The van der Waals surface area contributed by atoms with Crippen LogP contribution < -0.4 is 5.32 Å². The number of rotatable bonds is 3. The van der Waals surface area contributed by atoms with Gasteiger partial charge in [-0.2, -0.15) is 18.3 Å². The van der Waals surface area contributed by atoms with E-state index in [2.05, 4.69) is 10.4 Å². The summed E-state index contributed by atoms with van der Waals surface area (Å²) in [6, 6.07) is 9.08. The van der Waals surface area contributed by atoms with Crippen LogP contribution in [0.4, 0.5) is 23.7 Å².